The van der Waals surface area contributed by atoms with Crippen molar-refractivity contribution in [3.05, 3.63) is 164 Å². The number of hydrogen-bond acceptors (Lipinski definition) is 27. The summed E-state index contributed by atoms with van der Waals surface area (Å²) in [4.78, 5) is 75.5. The van der Waals surface area contributed by atoms with E-state index in [1.54, 1.807) is 62.3 Å². The van der Waals surface area contributed by atoms with Crippen LogP contribution in [0.1, 0.15) is 84.6 Å². The maximum atomic E-state index is 12.4. The second-order valence-corrected chi connectivity index (χ2v) is 25.9. The number of ether oxygens (including phenoxy) is 4. The predicted molar refractivity (Wildman–Crippen MR) is 397 cm³/mol. The largest absolute Gasteiger partial charge is 0.465 e. The Bertz CT molecular complexity index is 2720. The van der Waals surface area contributed by atoms with Crippen molar-refractivity contribution in [3.63, 3.8) is 0 Å². The van der Waals surface area contributed by atoms with Gasteiger partial charge in [0.2, 0.25) is 6.54 Å². The summed E-state index contributed by atoms with van der Waals surface area (Å²) < 4.78 is 20.1. The molecule has 7 rings (SSSR count). The van der Waals surface area contributed by atoms with Gasteiger partial charge in [0.05, 0.1) is 63.8 Å². The molecule has 0 spiro atoms. The third kappa shape index (κ3) is 39.4. The molecule has 3 aliphatic rings. The number of esters is 4. The Hall–Kier alpha value is -6.56. The lowest BCUT2D eigenvalue weighted by molar-refractivity contribution is -0.573. The van der Waals surface area contributed by atoms with Gasteiger partial charge in [-0.15, -0.1) is 0 Å². The molecular weight excluding hydrogens is 1380 g/mol. The van der Waals surface area contributed by atoms with E-state index in [9.17, 15) is 49.6 Å². The number of alkyl halides is 1. The van der Waals surface area contributed by atoms with Crippen molar-refractivity contribution < 1.29 is 73.5 Å². The van der Waals surface area contributed by atoms with E-state index in [1.165, 1.54) is 11.1 Å². The van der Waals surface area contributed by atoms with Crippen LogP contribution in [0.2, 0.25) is 0 Å². The Morgan fingerprint density at radius 1 is 0.549 bits per heavy atom. The number of nitrogens with one attached hydrogen (secondary N) is 5. The van der Waals surface area contributed by atoms with E-state index in [0.717, 1.165) is 63.5 Å². The van der Waals surface area contributed by atoms with Gasteiger partial charge in [-0.2, -0.15) is 0 Å². The SMILES string of the molecule is CCO.CCOC(=O)[C@H](C)Br.CCOC(=O)[C@H](C)NC1(CO)CN([C@@H](C)C(=O)OCC)CCN([C@@H](C)C(=O)OCC)C1.NC1(CO)CNCCNC1.O=[N+]([O-])C1(CO)CN(Cc2ccccc2)CCN(Cc2ccccc2)C1.O=[N+]([O-])CCO.c1ccc(CNCCNCc2ccccc2)cc1. The van der Waals surface area contributed by atoms with Crippen molar-refractivity contribution in [3.8, 4) is 0 Å². The smallest absolute Gasteiger partial charge is 0.323 e. The third-order valence-electron chi connectivity index (χ3n) is 15.9. The number of carbonyl (C=O) groups excluding carboxylic acids is 4. The molecule has 0 saturated carbocycles. The molecule has 3 aliphatic heterocycles. The second-order valence-electron chi connectivity index (χ2n) is 24.5. The number of nitrogens with two attached hydrogens (primary N) is 1. The van der Waals surface area contributed by atoms with Crippen molar-refractivity contribution in [2.45, 2.75) is 128 Å². The molecule has 0 aromatic heterocycles. The normalized spacial score (nSPS) is 16.9. The Labute approximate surface area is 612 Å². The molecule has 102 heavy (non-hydrogen) atoms. The highest BCUT2D eigenvalue weighted by atomic mass is 79.9. The van der Waals surface area contributed by atoms with E-state index in [-0.39, 0.29) is 107 Å². The minimum absolute atomic E-state index is 0.0347. The molecule has 0 aliphatic carbocycles. The average molecular weight is 1500 g/mol. The van der Waals surface area contributed by atoms with E-state index >= 15 is 0 Å². The lowest BCUT2D eigenvalue weighted by Gasteiger charge is -2.40. The van der Waals surface area contributed by atoms with Crippen LogP contribution in [-0.4, -0.2) is 276 Å². The van der Waals surface area contributed by atoms with Crippen LogP contribution >= 0.6 is 15.9 Å². The second kappa shape index (κ2) is 55.0. The minimum atomic E-state index is -1.36. The zero-order valence-corrected chi connectivity index (χ0v) is 63.0. The molecule has 29 nitrogen and oxygen atoms in total. The first kappa shape index (κ1) is 93.5. The summed E-state index contributed by atoms with van der Waals surface area (Å²) >= 11 is 3.07. The zero-order valence-electron chi connectivity index (χ0n) is 61.4. The topological polar surface area (TPSA) is 392 Å². The van der Waals surface area contributed by atoms with Crippen LogP contribution in [-0.2, 0) is 64.3 Å². The van der Waals surface area contributed by atoms with Gasteiger partial charge in [0.25, 0.3) is 5.54 Å². The maximum absolute atomic E-state index is 12.4. The fourth-order valence-electron chi connectivity index (χ4n) is 10.5. The molecule has 3 saturated heterocycles. The van der Waals surface area contributed by atoms with E-state index in [1.807, 2.05) is 82.6 Å². The number of hydrogen-bond donors (Lipinski definition) is 11. The first-order valence-corrected chi connectivity index (χ1v) is 35.8. The molecule has 0 unspecified atom stereocenters. The Morgan fingerprint density at radius 2 is 0.912 bits per heavy atom. The van der Waals surface area contributed by atoms with E-state index in [4.69, 9.17) is 35.3 Å². The van der Waals surface area contributed by atoms with Gasteiger partial charge >= 0.3 is 23.9 Å². The number of nitrogens with zero attached hydrogens (tertiary/aromatic N) is 6. The lowest BCUT2D eigenvalue weighted by atomic mass is 9.96. The molecule has 0 radical (unpaired) electrons. The van der Waals surface area contributed by atoms with Crippen LogP contribution in [0.4, 0.5) is 0 Å². The third-order valence-corrected chi connectivity index (χ3v) is 16.3. The molecule has 0 bridgehead atoms. The predicted octanol–water partition coefficient (Wildman–Crippen LogP) is 2.81. The van der Waals surface area contributed by atoms with E-state index in [2.05, 4.69) is 106 Å². The van der Waals surface area contributed by atoms with Crippen LogP contribution < -0.4 is 32.3 Å². The van der Waals surface area contributed by atoms with Gasteiger partial charge in [0.1, 0.15) is 36.2 Å². The molecule has 3 fully saturated rings. The summed E-state index contributed by atoms with van der Waals surface area (Å²) in [5, 5.41) is 82.0. The van der Waals surface area contributed by atoms with Crippen molar-refractivity contribution in [1.29, 1.82) is 0 Å². The average Bonchev–Trinajstić information content (AvgIpc) is 1.61. The Kier molecular flexibility index (Phi) is 50.4. The van der Waals surface area contributed by atoms with Crippen LogP contribution in [0.3, 0.4) is 0 Å². The molecule has 4 aromatic rings. The lowest BCUT2D eigenvalue weighted by Crippen LogP contribution is -2.65. The minimum Gasteiger partial charge on any atom is -0.465 e. The standard InChI is InChI=1S/C21H39N3O7.C20H25N3O3.C16H20N2.C6H15N3O.C5H9BrO2.C2H5NO3.C2H6O/c1-7-29-18(26)15(4)22-21(14-25)12-23(16(5)19(27)30-8-2)10-11-24(13-21)17(6)20(28)31-9-3;24-17-20(23(25)26)15-21(13-18-7-3-1-4-8-18)11-12-22(16-20)14-19-9-5-2-6-10-19;1-3-7-15(8-4-1)13-17-11-12-18-14-16-9-5-2-6-10-16;7-6(5-10)3-8-1-2-9-4-6;1-3-8-5(7)4(2)6;4-2-1-3(5)6;1-2-3/h15-17,22,25H,7-14H2,1-6H3;1-10,24H,11-17H2;1-10,17-18H,11-14H2;8-10H,1-5,7H2;4H,3H2,1-2H3;4H,1-2H2;3H,2H2,1H3/t15-,16-,17-;;;;4-;;/m0...0../s1. The van der Waals surface area contributed by atoms with Crippen LogP contribution in [0, 0.1) is 20.2 Å². The van der Waals surface area contributed by atoms with Crippen LogP contribution in [0.15, 0.2) is 121 Å². The fraction of sp³-hybridized carbons (Fsp3) is 0.611. The van der Waals surface area contributed by atoms with Crippen LogP contribution in [0.5, 0.6) is 0 Å². The Balaban J connectivity index is 0.000000656. The first-order chi connectivity index (χ1) is 48.8. The number of aliphatic hydroxyl groups excluding tert-OH is 5. The number of halogens is 1. The fourth-order valence-corrected chi connectivity index (χ4v) is 10.6. The highest BCUT2D eigenvalue weighted by Crippen LogP contribution is 2.23. The van der Waals surface area contributed by atoms with Gasteiger partial charge in [-0.05, 0) is 84.6 Å². The number of benzene rings is 4. The molecule has 4 atom stereocenters. The summed E-state index contributed by atoms with van der Waals surface area (Å²) in [6.45, 7) is 27.5. The molecule has 3 heterocycles. The van der Waals surface area contributed by atoms with Crippen LogP contribution in [0.25, 0.3) is 0 Å². The van der Waals surface area contributed by atoms with Gasteiger partial charge in [-0.3, -0.25) is 64.3 Å². The number of aliphatic hydroxyl groups is 5. The maximum Gasteiger partial charge on any atom is 0.323 e. The van der Waals surface area contributed by atoms with E-state index in [0.29, 0.717) is 45.9 Å². The summed E-state index contributed by atoms with van der Waals surface area (Å²) in [6, 6.07) is 39.1. The zero-order chi connectivity index (χ0) is 76.2. The van der Waals surface area contributed by atoms with Gasteiger partial charge < -0.3 is 71.5 Å². The molecule has 30 heteroatoms. The van der Waals surface area contributed by atoms with Gasteiger partial charge in [-0.25, -0.2) is 0 Å². The first-order valence-electron chi connectivity index (χ1n) is 34.9. The number of carbonyl (C=O) groups is 4. The van der Waals surface area contributed by atoms with Crippen molar-refractivity contribution in [2.24, 2.45) is 5.73 Å². The molecule has 4 aromatic carbocycles. The van der Waals surface area contributed by atoms with Crippen molar-refractivity contribution in [1.82, 2.24) is 46.2 Å². The van der Waals surface area contributed by atoms with E-state index < -0.39 is 52.2 Å². The summed E-state index contributed by atoms with van der Waals surface area (Å²) in [6.07, 6.45) is 0. The monoisotopic (exact) mass is 1500 g/mol. The summed E-state index contributed by atoms with van der Waals surface area (Å²) in [7, 11) is 0. The Morgan fingerprint density at radius 3 is 1.21 bits per heavy atom. The van der Waals surface area contributed by atoms with Gasteiger partial charge in [0.15, 0.2) is 0 Å². The number of rotatable bonds is 29. The molecule has 12 N–H and O–H groups in total. The van der Waals surface area contributed by atoms with Crippen molar-refractivity contribution in [2.75, 3.05) is 158 Å². The summed E-state index contributed by atoms with van der Waals surface area (Å²) in [5.41, 5.74) is 7.89. The van der Waals surface area contributed by atoms with Crippen molar-refractivity contribution >= 4 is 39.8 Å². The molecule has 576 valence electrons. The highest BCUT2D eigenvalue weighted by molar-refractivity contribution is 9.10. The van der Waals surface area contributed by atoms with Gasteiger partial charge in [-0.1, -0.05) is 137 Å². The number of nitro groups is 2. The highest BCUT2D eigenvalue weighted by Gasteiger charge is 2.48. The summed E-state index contributed by atoms with van der Waals surface area (Å²) in [5.74, 6) is -1.36. The quantitative estimate of drug-likeness (QED) is 0.00929. The molecule has 0 amide bonds. The molecular formula is C72H119BrN12O17. The van der Waals surface area contributed by atoms with Gasteiger partial charge in [0, 0.05) is 121 Å².